The van der Waals surface area contributed by atoms with E-state index in [-0.39, 0.29) is 12.1 Å². The number of amides is 2. The van der Waals surface area contributed by atoms with Gasteiger partial charge >= 0.3 is 6.03 Å². The van der Waals surface area contributed by atoms with Gasteiger partial charge in [-0.3, -0.25) is 10.3 Å². The Bertz CT molecular complexity index is 303. The summed E-state index contributed by atoms with van der Waals surface area (Å²) in [5.74, 6) is 0. The van der Waals surface area contributed by atoms with Gasteiger partial charge < -0.3 is 5.11 Å². The summed E-state index contributed by atoms with van der Waals surface area (Å²) in [6.45, 7) is 0. The fourth-order valence-corrected chi connectivity index (χ4v) is 3.50. The van der Waals surface area contributed by atoms with E-state index >= 15 is 0 Å². The Morgan fingerprint density at radius 2 is 1.58 bits per heavy atom. The Labute approximate surface area is 123 Å². The van der Waals surface area contributed by atoms with E-state index in [2.05, 4.69) is 0 Å². The van der Waals surface area contributed by atoms with E-state index in [1.165, 1.54) is 34.0 Å². The van der Waals surface area contributed by atoms with Gasteiger partial charge in [-0.25, -0.2) is 8.51 Å². The van der Waals surface area contributed by atoms with E-state index in [9.17, 15) is 9.90 Å². The molecular weight excluding hydrogens is 282 g/mol. The first-order chi connectivity index (χ1) is 9.11. The minimum absolute atomic E-state index is 0.111. The van der Waals surface area contributed by atoms with Crippen LogP contribution in [0.5, 0.6) is 0 Å². The average molecular weight is 304 g/mol. The largest absolute Gasteiger partial charge is 0.846 e. The monoisotopic (exact) mass is 304 g/mol. The number of hydrogen-bond donors (Lipinski definition) is 1. The van der Waals surface area contributed by atoms with Crippen LogP contribution in [0.4, 0.5) is 4.79 Å². The zero-order chi connectivity index (χ0) is 14.3. The summed E-state index contributed by atoms with van der Waals surface area (Å²) < 4.78 is 1.45. The Morgan fingerprint density at radius 3 is 2.00 bits per heavy atom. The SMILES string of the molecule is CSN(SC)C(=O)N(C(=N)[O-])C1CCCCCCC1. The predicted octanol–water partition coefficient (Wildman–Crippen LogP) is 2.67. The molecule has 0 aromatic carbocycles. The number of nitrogens with zero attached hydrogens (tertiary/aromatic N) is 2. The van der Waals surface area contributed by atoms with Crippen molar-refractivity contribution in [1.82, 2.24) is 8.61 Å². The maximum absolute atomic E-state index is 12.3. The van der Waals surface area contributed by atoms with Crippen molar-refractivity contribution in [1.29, 1.82) is 5.41 Å². The molecule has 0 unspecified atom stereocenters. The molecule has 1 aliphatic rings. The zero-order valence-electron chi connectivity index (χ0n) is 11.6. The van der Waals surface area contributed by atoms with Crippen molar-refractivity contribution in [2.75, 3.05) is 12.5 Å². The highest BCUT2D eigenvalue weighted by Gasteiger charge is 2.27. The van der Waals surface area contributed by atoms with Gasteiger partial charge in [0.05, 0.1) is 6.02 Å². The summed E-state index contributed by atoms with van der Waals surface area (Å²) in [6, 6.07) is -1.37. The maximum Gasteiger partial charge on any atom is 0.345 e. The first kappa shape index (κ1) is 16.5. The standard InChI is InChI=1S/C12H23N3O2S2/c1-18-15(19-2)12(17)14(11(13)16)10-8-6-4-3-5-7-9-10/h10H,3-9H2,1-2H3,(H2,13,16)/p-1. The Hall–Kier alpha value is -0.560. The van der Waals surface area contributed by atoms with E-state index < -0.39 is 6.02 Å². The summed E-state index contributed by atoms with van der Waals surface area (Å²) in [5, 5.41) is 18.9. The van der Waals surface area contributed by atoms with Crippen LogP contribution in [-0.2, 0) is 0 Å². The molecule has 0 heterocycles. The molecule has 0 aromatic rings. The van der Waals surface area contributed by atoms with Crippen LogP contribution < -0.4 is 5.11 Å². The van der Waals surface area contributed by atoms with Gasteiger partial charge in [0.1, 0.15) is 0 Å². The van der Waals surface area contributed by atoms with E-state index in [0.717, 1.165) is 43.4 Å². The van der Waals surface area contributed by atoms with Gasteiger partial charge in [-0.1, -0.05) is 32.1 Å². The lowest BCUT2D eigenvalue weighted by molar-refractivity contribution is -0.235. The minimum Gasteiger partial charge on any atom is -0.846 e. The molecule has 19 heavy (non-hydrogen) atoms. The number of carbonyl (C=O) groups excluding carboxylic acids is 1. The van der Waals surface area contributed by atoms with Gasteiger partial charge in [0.2, 0.25) is 0 Å². The normalized spacial score (nSPS) is 17.4. The molecule has 1 rings (SSSR count). The number of carbonyl (C=O) groups is 1. The van der Waals surface area contributed by atoms with E-state index in [1.807, 2.05) is 0 Å². The number of rotatable bonds is 3. The Kier molecular flexibility index (Phi) is 7.45. The number of hydrogen-bond acceptors (Lipinski definition) is 5. The molecule has 0 atom stereocenters. The molecule has 0 saturated heterocycles. The van der Waals surface area contributed by atoms with Crippen molar-refractivity contribution >= 4 is 35.9 Å². The highest BCUT2D eigenvalue weighted by atomic mass is 32.2. The molecule has 0 aliphatic heterocycles. The van der Waals surface area contributed by atoms with E-state index in [0.29, 0.717) is 0 Å². The van der Waals surface area contributed by atoms with Crippen LogP contribution in [0.15, 0.2) is 0 Å². The lowest BCUT2D eigenvalue weighted by Gasteiger charge is -2.37. The van der Waals surface area contributed by atoms with Crippen LogP contribution in [-0.4, -0.2) is 39.2 Å². The molecule has 110 valence electrons. The molecule has 1 aliphatic carbocycles. The fourth-order valence-electron chi connectivity index (χ4n) is 2.42. The topological polar surface area (TPSA) is 70.5 Å². The van der Waals surface area contributed by atoms with Gasteiger partial charge in [-0.15, -0.1) is 0 Å². The molecule has 1 N–H and O–H groups in total. The summed E-state index contributed by atoms with van der Waals surface area (Å²) in [4.78, 5) is 13.5. The van der Waals surface area contributed by atoms with Gasteiger partial charge in [0, 0.05) is 18.6 Å². The summed E-state index contributed by atoms with van der Waals surface area (Å²) >= 11 is 2.53. The predicted molar refractivity (Wildman–Crippen MR) is 79.9 cm³/mol. The van der Waals surface area contributed by atoms with Crippen molar-refractivity contribution in [3.63, 3.8) is 0 Å². The number of amidine groups is 1. The summed E-state index contributed by atoms with van der Waals surface area (Å²) in [6.07, 6.45) is 10.8. The molecule has 0 spiro atoms. The van der Waals surface area contributed by atoms with Crippen molar-refractivity contribution < 1.29 is 9.90 Å². The van der Waals surface area contributed by atoms with Gasteiger partial charge in [0.15, 0.2) is 0 Å². The summed E-state index contributed by atoms with van der Waals surface area (Å²) in [7, 11) is 0. The Balaban J connectivity index is 2.79. The van der Waals surface area contributed by atoms with Gasteiger partial charge in [0.25, 0.3) is 0 Å². The number of nitrogens with one attached hydrogen (secondary N) is 1. The van der Waals surface area contributed by atoms with Crippen LogP contribution in [0.3, 0.4) is 0 Å². The third kappa shape index (κ3) is 4.80. The molecule has 2 amide bonds. The minimum atomic E-state index is -0.885. The highest BCUT2D eigenvalue weighted by Crippen LogP contribution is 2.25. The Morgan fingerprint density at radius 1 is 1.11 bits per heavy atom. The molecule has 0 bridgehead atoms. The molecule has 7 heteroatoms. The van der Waals surface area contributed by atoms with Crippen molar-refractivity contribution in [3.05, 3.63) is 0 Å². The third-order valence-corrected chi connectivity index (χ3v) is 5.22. The van der Waals surface area contributed by atoms with Crippen molar-refractivity contribution in [3.8, 4) is 0 Å². The molecule has 1 fully saturated rings. The zero-order valence-corrected chi connectivity index (χ0v) is 13.2. The molecule has 1 saturated carbocycles. The second kappa shape index (κ2) is 8.58. The van der Waals surface area contributed by atoms with Gasteiger partial charge in [-0.2, -0.15) is 0 Å². The smallest absolute Gasteiger partial charge is 0.345 e. The van der Waals surface area contributed by atoms with Crippen LogP contribution in [0, 0.1) is 5.41 Å². The van der Waals surface area contributed by atoms with Crippen molar-refractivity contribution in [2.45, 2.75) is 51.0 Å². The van der Waals surface area contributed by atoms with E-state index in [4.69, 9.17) is 5.41 Å². The molecule has 0 radical (unpaired) electrons. The highest BCUT2D eigenvalue weighted by molar-refractivity contribution is 8.12. The van der Waals surface area contributed by atoms with Crippen LogP contribution in [0.1, 0.15) is 44.9 Å². The number of urea groups is 1. The first-order valence-electron chi connectivity index (χ1n) is 6.59. The van der Waals surface area contributed by atoms with Crippen LogP contribution in [0.2, 0.25) is 0 Å². The molecular formula is C12H22N3O2S2-. The average Bonchev–Trinajstić information content (AvgIpc) is 2.33. The quantitative estimate of drug-likeness (QED) is 0.494. The van der Waals surface area contributed by atoms with Crippen LogP contribution in [0.25, 0.3) is 0 Å². The second-order valence-electron chi connectivity index (χ2n) is 4.58. The fraction of sp³-hybridized carbons (Fsp3) is 0.833. The van der Waals surface area contributed by atoms with Crippen molar-refractivity contribution in [2.24, 2.45) is 0 Å². The third-order valence-electron chi connectivity index (χ3n) is 3.35. The molecule has 0 aromatic heterocycles. The van der Waals surface area contributed by atoms with E-state index in [1.54, 1.807) is 12.5 Å². The maximum atomic E-state index is 12.3. The summed E-state index contributed by atoms with van der Waals surface area (Å²) in [5.41, 5.74) is 0. The lowest BCUT2D eigenvalue weighted by Crippen LogP contribution is -2.52. The van der Waals surface area contributed by atoms with Gasteiger partial charge in [-0.05, 0) is 36.7 Å². The lowest BCUT2D eigenvalue weighted by atomic mass is 9.96. The second-order valence-corrected chi connectivity index (χ2v) is 6.27. The van der Waals surface area contributed by atoms with Crippen LogP contribution >= 0.6 is 23.9 Å². The first-order valence-corrected chi connectivity index (χ1v) is 8.95. The molecule has 5 nitrogen and oxygen atoms in total.